The molecular weight excluding hydrogens is 979 g/mol. The molecule has 5 N–H and O–H groups in total. The van der Waals surface area contributed by atoms with E-state index in [4.69, 9.17) is 14.2 Å². The lowest BCUT2D eigenvalue weighted by atomic mass is 9.85. The van der Waals surface area contributed by atoms with Gasteiger partial charge in [0.1, 0.15) is 24.4 Å². The second kappa shape index (κ2) is 26.3. The van der Waals surface area contributed by atoms with Crippen LogP contribution >= 0.6 is 11.3 Å². The van der Waals surface area contributed by atoms with Crippen LogP contribution in [0.25, 0.3) is 21.6 Å². The first-order valence-electron chi connectivity index (χ1n) is 27.1. The Balaban J connectivity index is 0.871. The summed E-state index contributed by atoms with van der Waals surface area (Å²) in [5.41, 5.74) is 12.2. The Morgan fingerprint density at radius 2 is 1.63 bits per heavy atom. The fourth-order valence-electron chi connectivity index (χ4n) is 10.6. The van der Waals surface area contributed by atoms with Crippen LogP contribution in [-0.4, -0.2) is 122 Å². The molecule has 15 nitrogen and oxygen atoms in total. The number of aliphatic hydroxyl groups is 1. The van der Waals surface area contributed by atoms with Crippen molar-refractivity contribution in [3.05, 3.63) is 111 Å². The number of nitrogens with one attached hydrogen (secondary N) is 4. The molecule has 0 radical (unpaired) electrons. The van der Waals surface area contributed by atoms with Crippen molar-refractivity contribution in [1.29, 1.82) is 0 Å². The quantitative estimate of drug-likeness (QED) is 0.0474. The van der Waals surface area contributed by atoms with E-state index in [1.54, 1.807) is 11.3 Å². The van der Waals surface area contributed by atoms with Crippen molar-refractivity contribution in [2.75, 3.05) is 57.6 Å². The van der Waals surface area contributed by atoms with Gasteiger partial charge >= 0.3 is 0 Å². The van der Waals surface area contributed by atoms with E-state index in [1.807, 2.05) is 94.7 Å². The molecular formula is C60H81N7O8S. The molecule has 0 bridgehead atoms. The zero-order chi connectivity index (χ0) is 54.7. The molecule has 410 valence electrons. The zero-order valence-electron chi connectivity index (χ0n) is 46.3. The van der Waals surface area contributed by atoms with Crippen LogP contribution in [0.1, 0.15) is 127 Å². The molecule has 0 aliphatic carbocycles. The first-order chi connectivity index (χ1) is 36.3. The molecule has 76 heavy (non-hydrogen) atoms. The first-order valence-corrected chi connectivity index (χ1v) is 28.0. The van der Waals surface area contributed by atoms with E-state index in [2.05, 4.69) is 77.9 Å². The largest absolute Gasteiger partial charge is 0.494 e. The summed E-state index contributed by atoms with van der Waals surface area (Å²) in [5, 5.41) is 23.3. The van der Waals surface area contributed by atoms with E-state index < -0.39 is 35.4 Å². The Labute approximate surface area is 454 Å². The minimum absolute atomic E-state index is 0.0106. The molecule has 3 aliphatic heterocycles. The number of rotatable bonds is 22. The molecule has 2 fully saturated rings. The van der Waals surface area contributed by atoms with Gasteiger partial charge in [0.05, 0.1) is 34.8 Å². The van der Waals surface area contributed by atoms with Crippen LogP contribution in [-0.2, 0) is 23.9 Å². The SMILES string of the molecule is CCN(c1cc(-c2ccc(OCCCCCOCC(=O)NC(C(=O)N3C[C@H](O)C[C@H]3C(=O)N[C@@H](C)c3ccc(-c4scnc4C)cc3)C(C)(C)C)cc2)cc(C(=O)NCC2=C(C)C=C(C)NC2C)c1C)C1CCOCC1. The monoisotopic (exact) mass is 1060 g/mol. The van der Waals surface area contributed by atoms with Crippen LogP contribution in [0, 0.1) is 19.3 Å². The number of aryl methyl sites for hydroxylation is 1. The second-order valence-corrected chi connectivity index (χ2v) is 22.6. The van der Waals surface area contributed by atoms with E-state index in [0.29, 0.717) is 37.8 Å². The second-order valence-electron chi connectivity index (χ2n) is 21.7. The lowest BCUT2D eigenvalue weighted by Gasteiger charge is -2.37. The van der Waals surface area contributed by atoms with Crippen molar-refractivity contribution in [1.82, 2.24) is 31.2 Å². The summed E-state index contributed by atoms with van der Waals surface area (Å²) in [6.45, 7) is 23.3. The molecule has 3 aliphatic rings. The third-order valence-corrected chi connectivity index (χ3v) is 15.9. The Kier molecular flexibility index (Phi) is 20.0. The van der Waals surface area contributed by atoms with Crippen molar-refractivity contribution >= 4 is 40.7 Å². The Hall–Kier alpha value is -6.07. The minimum Gasteiger partial charge on any atom is -0.494 e. The predicted octanol–water partition coefficient (Wildman–Crippen LogP) is 8.98. The molecule has 0 saturated carbocycles. The molecule has 4 amide bonds. The zero-order valence-corrected chi connectivity index (χ0v) is 47.2. The summed E-state index contributed by atoms with van der Waals surface area (Å²) in [5.74, 6) is -0.566. The van der Waals surface area contributed by atoms with E-state index in [-0.39, 0.29) is 43.5 Å². The number of β-amino-alcohol motifs (C(OH)–C–C–N with tert-alkyl or cyclic N) is 1. The summed E-state index contributed by atoms with van der Waals surface area (Å²) in [6.07, 6.45) is 5.55. The smallest absolute Gasteiger partial charge is 0.251 e. The van der Waals surface area contributed by atoms with Crippen LogP contribution < -0.4 is 30.9 Å². The molecule has 0 spiro atoms. The summed E-state index contributed by atoms with van der Waals surface area (Å²) in [7, 11) is 0. The fraction of sp³-hybridized carbons (Fsp3) is 0.517. The number of benzene rings is 3. The first kappa shape index (κ1) is 57.6. The van der Waals surface area contributed by atoms with Gasteiger partial charge in [0, 0.05) is 74.9 Å². The van der Waals surface area contributed by atoms with Crippen molar-refractivity contribution in [3.8, 4) is 27.3 Å². The highest BCUT2D eigenvalue weighted by Crippen LogP contribution is 2.35. The van der Waals surface area contributed by atoms with Gasteiger partial charge in [-0.15, -0.1) is 11.3 Å². The number of allylic oxidation sites excluding steroid dienone is 3. The molecule has 2 saturated heterocycles. The van der Waals surface area contributed by atoms with Gasteiger partial charge in [-0.05, 0) is 155 Å². The van der Waals surface area contributed by atoms with Crippen molar-refractivity contribution in [2.24, 2.45) is 5.41 Å². The van der Waals surface area contributed by atoms with E-state index in [0.717, 1.165) is 101 Å². The number of dihydropyridines is 1. The van der Waals surface area contributed by atoms with Gasteiger partial charge in [0.25, 0.3) is 5.91 Å². The maximum atomic E-state index is 14.1. The molecule has 3 aromatic carbocycles. The third-order valence-electron chi connectivity index (χ3n) is 14.9. The van der Waals surface area contributed by atoms with Gasteiger partial charge in [-0.1, -0.05) is 57.2 Å². The summed E-state index contributed by atoms with van der Waals surface area (Å²) >= 11 is 1.58. The molecule has 1 aromatic heterocycles. The Bertz CT molecular complexity index is 2710. The highest BCUT2D eigenvalue weighted by atomic mass is 32.1. The Morgan fingerprint density at radius 1 is 0.934 bits per heavy atom. The standard InChI is InChI=1S/C60H81N7O8S/c1-11-66(47-23-27-73-28-24-47)52-31-46(30-50(39(52)4)57(70)61-33-51-37(2)29-38(3)63-41(51)6)44-19-21-49(22-20-44)75-26-14-12-13-25-74-35-54(69)65-56(60(8,9)10)59(72)67-34-48(68)32-53(67)58(71)64-40(5)43-15-17-45(18-16-43)55-42(7)62-36-76-55/h15-22,29-31,36,40-41,47-48,53,56,63,68H,11-14,23-28,32-35H2,1-10H3,(H,61,70)(H,64,71)(H,65,69)/t40-,41?,48+,53-,56?/m0/s1. The number of thiazole rings is 1. The average molecular weight is 1060 g/mol. The van der Waals surface area contributed by atoms with Gasteiger partial charge in [0.15, 0.2) is 0 Å². The number of amides is 4. The van der Waals surface area contributed by atoms with Crippen LogP contribution in [0.5, 0.6) is 5.75 Å². The minimum atomic E-state index is -0.953. The van der Waals surface area contributed by atoms with E-state index >= 15 is 0 Å². The van der Waals surface area contributed by atoms with Gasteiger partial charge in [-0.25, -0.2) is 4.98 Å². The van der Waals surface area contributed by atoms with Crippen LogP contribution in [0.4, 0.5) is 5.69 Å². The lowest BCUT2D eigenvalue weighted by Crippen LogP contribution is -2.58. The van der Waals surface area contributed by atoms with Crippen LogP contribution in [0.15, 0.2) is 89.1 Å². The van der Waals surface area contributed by atoms with Gasteiger partial charge in [-0.2, -0.15) is 0 Å². The maximum absolute atomic E-state index is 14.1. The Morgan fingerprint density at radius 3 is 2.29 bits per heavy atom. The normalized spacial score (nSPS) is 18.9. The maximum Gasteiger partial charge on any atom is 0.251 e. The number of carbonyl (C=O) groups is 4. The number of nitrogens with zero attached hydrogens (tertiary/aromatic N) is 3. The number of hydrogen-bond donors (Lipinski definition) is 5. The number of aromatic nitrogens is 1. The number of carbonyl (C=O) groups excluding carboxylic acids is 4. The predicted molar refractivity (Wildman–Crippen MR) is 301 cm³/mol. The molecule has 16 heteroatoms. The van der Waals surface area contributed by atoms with E-state index in [1.165, 1.54) is 16.0 Å². The highest BCUT2D eigenvalue weighted by molar-refractivity contribution is 7.13. The average Bonchev–Trinajstić information content (AvgIpc) is 4.02. The summed E-state index contributed by atoms with van der Waals surface area (Å²) < 4.78 is 17.6. The molecule has 4 aromatic rings. The summed E-state index contributed by atoms with van der Waals surface area (Å²) in [6, 6.07) is 18.5. The molecule has 4 heterocycles. The number of unbranched alkanes of at least 4 members (excludes halogenated alkanes) is 2. The summed E-state index contributed by atoms with van der Waals surface area (Å²) in [4.78, 5) is 64.5. The number of aliphatic hydroxyl groups excluding tert-OH is 1. The molecule has 5 atom stereocenters. The number of ether oxygens (including phenoxy) is 3. The van der Waals surface area contributed by atoms with E-state index in [9.17, 15) is 24.3 Å². The molecule has 2 unspecified atom stereocenters. The van der Waals surface area contributed by atoms with Gasteiger partial charge < -0.3 is 50.4 Å². The third kappa shape index (κ3) is 14.7. The van der Waals surface area contributed by atoms with Crippen molar-refractivity contribution < 1.29 is 38.5 Å². The van der Waals surface area contributed by atoms with Crippen LogP contribution in [0.2, 0.25) is 0 Å². The number of hydrogen-bond acceptors (Lipinski definition) is 12. The van der Waals surface area contributed by atoms with Gasteiger partial charge in [-0.3, -0.25) is 19.2 Å². The topological polar surface area (TPSA) is 184 Å². The lowest BCUT2D eigenvalue weighted by molar-refractivity contribution is -0.144. The number of likely N-dealkylation sites (tertiary alicyclic amines) is 1. The molecule has 7 rings (SSSR count). The van der Waals surface area contributed by atoms with Crippen molar-refractivity contribution in [2.45, 2.75) is 144 Å². The van der Waals surface area contributed by atoms with Crippen LogP contribution in [0.3, 0.4) is 0 Å². The van der Waals surface area contributed by atoms with Gasteiger partial charge in [0.2, 0.25) is 17.7 Å². The number of anilines is 1. The fourth-order valence-corrected chi connectivity index (χ4v) is 11.4. The van der Waals surface area contributed by atoms with Crippen molar-refractivity contribution in [3.63, 3.8) is 0 Å². The highest BCUT2D eigenvalue weighted by Gasteiger charge is 2.45.